The second-order valence-electron chi connectivity index (χ2n) is 5.47. The number of carboxylic acids is 2. The normalized spacial score (nSPS) is 17.0. The van der Waals surface area contributed by atoms with Crippen molar-refractivity contribution in [2.75, 3.05) is 0 Å². The topological polar surface area (TPSA) is 92.4 Å². The van der Waals surface area contributed by atoms with E-state index in [0.29, 0.717) is 30.8 Å². The van der Waals surface area contributed by atoms with Gasteiger partial charge in [0, 0.05) is 5.56 Å². The van der Waals surface area contributed by atoms with E-state index < -0.39 is 18.0 Å². The lowest BCUT2D eigenvalue weighted by molar-refractivity contribution is -0.141. The van der Waals surface area contributed by atoms with Crippen LogP contribution in [0, 0.1) is 6.92 Å². The number of nitrogens with zero attached hydrogens (tertiary/aromatic N) is 2. The summed E-state index contributed by atoms with van der Waals surface area (Å²) in [6, 6.07) is 6.69. The molecule has 1 aliphatic heterocycles. The van der Waals surface area contributed by atoms with Crippen LogP contribution in [0.1, 0.15) is 40.6 Å². The predicted octanol–water partition coefficient (Wildman–Crippen LogP) is 2.52. The third-order valence-corrected chi connectivity index (χ3v) is 4.09. The number of carboxylic acid groups (broad SMARTS) is 2. The number of benzene rings is 1. The monoisotopic (exact) mass is 300 g/mol. The Bertz CT molecular complexity index is 764. The van der Waals surface area contributed by atoms with Crippen molar-refractivity contribution >= 4 is 11.9 Å². The molecule has 1 unspecified atom stereocenters. The van der Waals surface area contributed by atoms with E-state index in [0.717, 1.165) is 11.1 Å². The highest BCUT2D eigenvalue weighted by Crippen LogP contribution is 2.34. The van der Waals surface area contributed by atoms with Crippen molar-refractivity contribution in [3.63, 3.8) is 0 Å². The van der Waals surface area contributed by atoms with Crippen molar-refractivity contribution < 1.29 is 19.8 Å². The summed E-state index contributed by atoms with van der Waals surface area (Å²) in [4.78, 5) is 27.3. The Labute approximate surface area is 127 Å². The predicted molar refractivity (Wildman–Crippen MR) is 79.0 cm³/mol. The van der Waals surface area contributed by atoms with Crippen molar-refractivity contribution in [1.29, 1.82) is 0 Å². The largest absolute Gasteiger partial charge is 0.480 e. The average Bonchev–Trinajstić information content (AvgIpc) is 2.87. The molecule has 6 heteroatoms. The molecule has 1 aromatic heterocycles. The number of aromatic nitrogens is 2. The van der Waals surface area contributed by atoms with Crippen molar-refractivity contribution in [2.45, 2.75) is 32.2 Å². The zero-order valence-corrected chi connectivity index (χ0v) is 12.1. The highest BCUT2D eigenvalue weighted by molar-refractivity contribution is 5.88. The van der Waals surface area contributed by atoms with Crippen LogP contribution in [0.25, 0.3) is 11.4 Å². The van der Waals surface area contributed by atoms with E-state index in [1.54, 1.807) is 4.57 Å². The van der Waals surface area contributed by atoms with Crippen LogP contribution in [0.15, 0.2) is 24.3 Å². The number of fused-ring (bicyclic) bond motifs is 1. The summed E-state index contributed by atoms with van der Waals surface area (Å²) in [5, 5.41) is 18.8. The third kappa shape index (κ3) is 2.16. The van der Waals surface area contributed by atoms with E-state index in [1.165, 1.54) is 0 Å². The van der Waals surface area contributed by atoms with Gasteiger partial charge in [-0.25, -0.2) is 14.6 Å². The minimum atomic E-state index is -1.12. The van der Waals surface area contributed by atoms with Crippen LogP contribution in [-0.2, 0) is 11.2 Å². The number of aryl methyl sites for hydroxylation is 1. The lowest BCUT2D eigenvalue weighted by Crippen LogP contribution is -2.26. The lowest BCUT2D eigenvalue weighted by atomic mass is 10.0. The van der Waals surface area contributed by atoms with E-state index in [9.17, 15) is 19.8 Å². The molecule has 114 valence electrons. The Kier molecular flexibility index (Phi) is 3.44. The summed E-state index contributed by atoms with van der Waals surface area (Å²) in [6.45, 7) is 1.90. The van der Waals surface area contributed by atoms with E-state index in [-0.39, 0.29) is 5.69 Å². The Morgan fingerprint density at radius 2 is 2.00 bits per heavy atom. The highest BCUT2D eigenvalue weighted by atomic mass is 16.4. The summed E-state index contributed by atoms with van der Waals surface area (Å²) < 4.78 is 1.59. The van der Waals surface area contributed by atoms with Crippen LogP contribution in [0.4, 0.5) is 0 Å². The SMILES string of the molecule is Cc1ccccc1-c1nc(C(=O)O)c2n1C(C(=O)O)CCC2. The Hall–Kier alpha value is -2.63. The molecule has 1 aliphatic rings. The summed E-state index contributed by atoms with van der Waals surface area (Å²) >= 11 is 0. The van der Waals surface area contributed by atoms with Crippen molar-refractivity contribution in [2.24, 2.45) is 0 Å². The quantitative estimate of drug-likeness (QED) is 0.908. The maximum absolute atomic E-state index is 11.6. The van der Waals surface area contributed by atoms with Crippen LogP contribution in [0.3, 0.4) is 0 Å². The highest BCUT2D eigenvalue weighted by Gasteiger charge is 2.33. The van der Waals surface area contributed by atoms with Gasteiger partial charge in [0.1, 0.15) is 11.9 Å². The van der Waals surface area contributed by atoms with Crippen molar-refractivity contribution in [3.8, 4) is 11.4 Å². The minimum Gasteiger partial charge on any atom is -0.480 e. The van der Waals surface area contributed by atoms with Gasteiger partial charge < -0.3 is 14.8 Å². The summed E-state index contributed by atoms with van der Waals surface area (Å²) in [6.07, 6.45) is 1.66. The average molecular weight is 300 g/mol. The zero-order valence-electron chi connectivity index (χ0n) is 12.1. The van der Waals surface area contributed by atoms with Gasteiger partial charge in [0.25, 0.3) is 0 Å². The number of hydrogen-bond donors (Lipinski definition) is 2. The van der Waals surface area contributed by atoms with E-state index in [4.69, 9.17) is 0 Å². The summed E-state index contributed by atoms with van der Waals surface area (Å²) in [5.41, 5.74) is 2.17. The molecule has 2 aromatic rings. The molecule has 0 fully saturated rings. The first-order chi connectivity index (χ1) is 10.5. The summed E-state index contributed by atoms with van der Waals surface area (Å²) in [5.74, 6) is -1.64. The molecule has 1 aromatic carbocycles. The van der Waals surface area contributed by atoms with E-state index in [1.807, 2.05) is 31.2 Å². The van der Waals surface area contributed by atoms with Gasteiger partial charge in [-0.05, 0) is 31.7 Å². The van der Waals surface area contributed by atoms with Gasteiger partial charge in [0.05, 0.1) is 5.69 Å². The number of carbonyl (C=O) groups is 2. The Morgan fingerprint density at radius 1 is 1.27 bits per heavy atom. The maximum Gasteiger partial charge on any atom is 0.356 e. The number of aliphatic carboxylic acids is 1. The first kappa shape index (κ1) is 14.3. The molecule has 22 heavy (non-hydrogen) atoms. The second-order valence-corrected chi connectivity index (χ2v) is 5.47. The van der Waals surface area contributed by atoms with Gasteiger partial charge in [-0.3, -0.25) is 0 Å². The third-order valence-electron chi connectivity index (χ3n) is 4.09. The van der Waals surface area contributed by atoms with Crippen LogP contribution >= 0.6 is 0 Å². The molecule has 1 atom stereocenters. The first-order valence-corrected chi connectivity index (χ1v) is 7.14. The van der Waals surface area contributed by atoms with Gasteiger partial charge in [-0.15, -0.1) is 0 Å². The Balaban J connectivity index is 2.29. The molecule has 3 rings (SSSR count). The Morgan fingerprint density at radius 3 is 2.64 bits per heavy atom. The molecule has 0 amide bonds. The van der Waals surface area contributed by atoms with Gasteiger partial charge in [0.15, 0.2) is 5.69 Å². The van der Waals surface area contributed by atoms with Gasteiger partial charge in [0.2, 0.25) is 0 Å². The van der Waals surface area contributed by atoms with Crippen LogP contribution in [-0.4, -0.2) is 31.7 Å². The van der Waals surface area contributed by atoms with Crippen LogP contribution in [0.5, 0.6) is 0 Å². The molecule has 0 aliphatic carbocycles. The molecular formula is C16H16N2O4. The minimum absolute atomic E-state index is 0.0378. The van der Waals surface area contributed by atoms with Crippen LogP contribution in [0.2, 0.25) is 0 Å². The molecule has 0 spiro atoms. The van der Waals surface area contributed by atoms with Crippen LogP contribution < -0.4 is 0 Å². The van der Waals surface area contributed by atoms with Crippen molar-refractivity contribution in [3.05, 3.63) is 41.2 Å². The number of hydrogen-bond acceptors (Lipinski definition) is 3. The molecule has 0 saturated heterocycles. The van der Waals surface area contributed by atoms with E-state index >= 15 is 0 Å². The first-order valence-electron chi connectivity index (χ1n) is 7.14. The molecule has 0 bridgehead atoms. The molecule has 0 radical (unpaired) electrons. The fourth-order valence-corrected chi connectivity index (χ4v) is 3.05. The summed E-state index contributed by atoms with van der Waals surface area (Å²) in [7, 11) is 0. The van der Waals surface area contributed by atoms with Gasteiger partial charge in [-0.2, -0.15) is 0 Å². The van der Waals surface area contributed by atoms with Gasteiger partial charge in [-0.1, -0.05) is 24.3 Å². The molecule has 6 nitrogen and oxygen atoms in total. The lowest BCUT2D eigenvalue weighted by Gasteiger charge is -2.24. The number of imidazole rings is 1. The fraction of sp³-hybridized carbons (Fsp3) is 0.312. The smallest absolute Gasteiger partial charge is 0.356 e. The molecular weight excluding hydrogens is 284 g/mol. The van der Waals surface area contributed by atoms with Crippen molar-refractivity contribution in [1.82, 2.24) is 9.55 Å². The number of rotatable bonds is 3. The second kappa shape index (κ2) is 5.29. The standard InChI is InChI=1S/C16H16N2O4/c1-9-5-2-3-6-10(9)14-17-13(16(21)22)11-7-4-8-12(15(19)20)18(11)14/h2-3,5-6,12H,4,7-8H2,1H3,(H,19,20)(H,21,22). The fourth-order valence-electron chi connectivity index (χ4n) is 3.05. The maximum atomic E-state index is 11.6. The van der Waals surface area contributed by atoms with E-state index in [2.05, 4.69) is 4.98 Å². The zero-order chi connectivity index (χ0) is 15.9. The van der Waals surface area contributed by atoms with Gasteiger partial charge >= 0.3 is 11.9 Å². The molecule has 2 heterocycles. The molecule has 0 saturated carbocycles. The number of aromatic carboxylic acids is 1. The molecule has 2 N–H and O–H groups in total.